The summed E-state index contributed by atoms with van der Waals surface area (Å²) in [5.74, 6) is -0.211. The number of halogens is 1. The molecule has 3 rings (SSSR count). The highest BCUT2D eigenvalue weighted by molar-refractivity contribution is 5.80. The van der Waals surface area contributed by atoms with Gasteiger partial charge in [-0.25, -0.2) is 14.4 Å². The molecule has 0 aliphatic carbocycles. The van der Waals surface area contributed by atoms with Crippen molar-refractivity contribution in [3.05, 3.63) is 60.6 Å². The second-order valence-electron chi connectivity index (χ2n) is 3.85. The van der Waals surface area contributed by atoms with E-state index < -0.39 is 0 Å². The van der Waals surface area contributed by atoms with Crippen molar-refractivity contribution in [2.24, 2.45) is 0 Å². The molecule has 0 fully saturated rings. The Balaban J connectivity index is 2.01. The van der Waals surface area contributed by atoms with Gasteiger partial charge in [0, 0.05) is 23.3 Å². The lowest BCUT2D eigenvalue weighted by Gasteiger charge is -2.04. The van der Waals surface area contributed by atoms with Crippen molar-refractivity contribution in [2.75, 3.05) is 0 Å². The second kappa shape index (κ2) is 3.97. The Morgan fingerprint density at radius 1 is 1.18 bits per heavy atom. The topological polar surface area (TPSA) is 30.7 Å². The van der Waals surface area contributed by atoms with Crippen LogP contribution in [0, 0.1) is 5.82 Å². The molecule has 0 atom stereocenters. The highest BCUT2D eigenvalue weighted by Gasteiger charge is 2.03. The molecule has 0 saturated carbocycles. The summed E-state index contributed by atoms with van der Waals surface area (Å²) in [6.45, 7) is 0.664. The first kappa shape index (κ1) is 9.96. The molecule has 2 heterocycles. The van der Waals surface area contributed by atoms with Crippen LogP contribution < -0.4 is 0 Å². The molecule has 4 heteroatoms. The van der Waals surface area contributed by atoms with E-state index in [4.69, 9.17) is 0 Å². The van der Waals surface area contributed by atoms with Crippen molar-refractivity contribution in [3.63, 3.8) is 0 Å². The van der Waals surface area contributed by atoms with Gasteiger partial charge in [0.05, 0.1) is 12.2 Å². The fourth-order valence-corrected chi connectivity index (χ4v) is 1.90. The fraction of sp³-hybridized carbons (Fsp3) is 0.0769. The van der Waals surface area contributed by atoms with Crippen LogP contribution in [0.1, 0.15) is 5.69 Å². The summed E-state index contributed by atoms with van der Waals surface area (Å²) in [4.78, 5) is 8.05. The number of nitrogens with zero attached hydrogens (tertiary/aromatic N) is 3. The summed E-state index contributed by atoms with van der Waals surface area (Å²) < 4.78 is 15.1. The summed E-state index contributed by atoms with van der Waals surface area (Å²) in [6, 6.07) is 8.56. The summed E-state index contributed by atoms with van der Waals surface area (Å²) in [7, 11) is 0. The van der Waals surface area contributed by atoms with E-state index in [1.54, 1.807) is 12.3 Å². The predicted octanol–water partition coefficient (Wildman–Crippen LogP) is 2.62. The standard InChI is InChI=1S/C13H10FN3/c14-11-1-2-13-10(7-11)4-6-17(13)8-12-3-5-15-9-16-12/h1-7,9H,8H2. The van der Waals surface area contributed by atoms with Gasteiger partial charge in [0.25, 0.3) is 0 Å². The van der Waals surface area contributed by atoms with Crippen molar-refractivity contribution in [1.29, 1.82) is 0 Å². The Kier molecular flexibility index (Phi) is 2.33. The maximum atomic E-state index is 13.0. The molecule has 0 spiro atoms. The quantitative estimate of drug-likeness (QED) is 0.673. The average molecular weight is 227 g/mol. The average Bonchev–Trinajstić information content (AvgIpc) is 2.73. The van der Waals surface area contributed by atoms with Crippen LogP contribution in [0.5, 0.6) is 0 Å². The molecule has 17 heavy (non-hydrogen) atoms. The molecule has 0 radical (unpaired) electrons. The first-order valence-electron chi connectivity index (χ1n) is 5.32. The minimum Gasteiger partial charge on any atom is -0.341 e. The molecule has 0 N–H and O–H groups in total. The van der Waals surface area contributed by atoms with E-state index in [0.29, 0.717) is 6.54 Å². The maximum Gasteiger partial charge on any atom is 0.123 e. The zero-order chi connectivity index (χ0) is 11.7. The molecule has 0 saturated heterocycles. The Morgan fingerprint density at radius 2 is 2.12 bits per heavy atom. The van der Waals surface area contributed by atoms with E-state index in [1.807, 2.05) is 22.9 Å². The molecule has 84 valence electrons. The van der Waals surface area contributed by atoms with E-state index in [9.17, 15) is 4.39 Å². The molecule has 1 aromatic carbocycles. The number of hydrogen-bond acceptors (Lipinski definition) is 2. The van der Waals surface area contributed by atoms with E-state index in [1.165, 1.54) is 18.5 Å². The summed E-state index contributed by atoms with van der Waals surface area (Å²) in [5, 5.41) is 0.902. The smallest absolute Gasteiger partial charge is 0.123 e. The number of hydrogen-bond donors (Lipinski definition) is 0. The van der Waals surface area contributed by atoms with Crippen molar-refractivity contribution in [1.82, 2.24) is 14.5 Å². The summed E-state index contributed by atoms with van der Waals surface area (Å²) >= 11 is 0. The highest BCUT2D eigenvalue weighted by Crippen LogP contribution is 2.17. The first-order chi connectivity index (χ1) is 8.33. The SMILES string of the molecule is Fc1ccc2c(ccn2Cc2ccncn2)c1. The molecule has 0 bridgehead atoms. The van der Waals surface area contributed by atoms with Gasteiger partial charge in [-0.15, -0.1) is 0 Å². The molecule has 0 amide bonds. The third-order valence-electron chi connectivity index (χ3n) is 2.71. The normalized spacial score (nSPS) is 10.9. The van der Waals surface area contributed by atoms with Gasteiger partial charge in [0.2, 0.25) is 0 Å². The molecule has 0 aliphatic heterocycles. The summed E-state index contributed by atoms with van der Waals surface area (Å²) in [6.07, 6.45) is 5.18. The van der Waals surface area contributed by atoms with Crippen LogP contribution >= 0.6 is 0 Å². The molecular weight excluding hydrogens is 217 g/mol. The Morgan fingerprint density at radius 3 is 2.94 bits per heavy atom. The van der Waals surface area contributed by atoms with Gasteiger partial charge in [0.15, 0.2) is 0 Å². The van der Waals surface area contributed by atoms with Crippen LogP contribution in [0.4, 0.5) is 4.39 Å². The van der Waals surface area contributed by atoms with Crippen molar-refractivity contribution in [3.8, 4) is 0 Å². The highest BCUT2D eigenvalue weighted by atomic mass is 19.1. The molecule has 3 nitrogen and oxygen atoms in total. The third-order valence-corrected chi connectivity index (χ3v) is 2.71. The Labute approximate surface area is 97.6 Å². The number of aromatic nitrogens is 3. The Hall–Kier alpha value is -2.23. The second-order valence-corrected chi connectivity index (χ2v) is 3.85. The minimum atomic E-state index is -0.211. The molecule has 2 aromatic heterocycles. The van der Waals surface area contributed by atoms with Crippen molar-refractivity contribution >= 4 is 10.9 Å². The number of benzene rings is 1. The molecule has 0 aliphatic rings. The molecular formula is C13H10FN3. The predicted molar refractivity (Wildman–Crippen MR) is 63.0 cm³/mol. The van der Waals surface area contributed by atoms with Crippen LogP contribution in [0.2, 0.25) is 0 Å². The lowest BCUT2D eigenvalue weighted by molar-refractivity contribution is 0.629. The zero-order valence-electron chi connectivity index (χ0n) is 9.05. The van der Waals surface area contributed by atoms with Crippen LogP contribution in [-0.2, 0) is 6.54 Å². The van der Waals surface area contributed by atoms with Gasteiger partial charge in [-0.2, -0.15) is 0 Å². The largest absolute Gasteiger partial charge is 0.341 e. The van der Waals surface area contributed by atoms with Crippen molar-refractivity contribution < 1.29 is 4.39 Å². The lowest BCUT2D eigenvalue weighted by Crippen LogP contribution is -2.00. The minimum absolute atomic E-state index is 0.211. The van der Waals surface area contributed by atoms with Crippen LogP contribution in [0.15, 0.2) is 49.1 Å². The molecule has 3 aromatic rings. The van der Waals surface area contributed by atoms with E-state index >= 15 is 0 Å². The Bertz CT molecular complexity index is 646. The van der Waals surface area contributed by atoms with Gasteiger partial charge in [0.1, 0.15) is 12.1 Å². The van der Waals surface area contributed by atoms with Gasteiger partial charge >= 0.3 is 0 Å². The monoisotopic (exact) mass is 227 g/mol. The van der Waals surface area contributed by atoms with Crippen LogP contribution in [-0.4, -0.2) is 14.5 Å². The lowest BCUT2D eigenvalue weighted by atomic mass is 10.2. The number of fused-ring (bicyclic) bond motifs is 1. The van der Waals surface area contributed by atoms with E-state index in [2.05, 4.69) is 9.97 Å². The van der Waals surface area contributed by atoms with Gasteiger partial charge in [-0.1, -0.05) is 0 Å². The molecule has 0 unspecified atom stereocenters. The van der Waals surface area contributed by atoms with Gasteiger partial charge in [-0.3, -0.25) is 0 Å². The van der Waals surface area contributed by atoms with Gasteiger partial charge in [-0.05, 0) is 30.3 Å². The number of rotatable bonds is 2. The van der Waals surface area contributed by atoms with Gasteiger partial charge < -0.3 is 4.57 Å². The van der Waals surface area contributed by atoms with E-state index in [-0.39, 0.29) is 5.82 Å². The third kappa shape index (κ3) is 1.89. The van der Waals surface area contributed by atoms with Crippen LogP contribution in [0.3, 0.4) is 0 Å². The van der Waals surface area contributed by atoms with Crippen LogP contribution in [0.25, 0.3) is 10.9 Å². The summed E-state index contributed by atoms with van der Waals surface area (Å²) in [5.41, 5.74) is 1.94. The van der Waals surface area contributed by atoms with E-state index in [0.717, 1.165) is 16.6 Å². The maximum absolute atomic E-state index is 13.0. The first-order valence-corrected chi connectivity index (χ1v) is 5.32. The fourth-order valence-electron chi connectivity index (χ4n) is 1.90. The zero-order valence-corrected chi connectivity index (χ0v) is 9.05. The van der Waals surface area contributed by atoms with Crippen molar-refractivity contribution in [2.45, 2.75) is 6.54 Å².